The fourth-order valence-corrected chi connectivity index (χ4v) is 0. The van der Waals surface area contributed by atoms with E-state index in [2.05, 4.69) is 0 Å². The minimum atomic E-state index is -4.64. The standard InChI is InChI=1S/C2H2F3O.Li.H3O4P/c3-2(4,5)1-6;;1-5(2,3)4/h1H2;;(H3,1,2,3,4)/q-1;+1;. The first kappa shape index (κ1) is 18.3. The van der Waals surface area contributed by atoms with E-state index in [1.54, 1.807) is 0 Å². The number of rotatable bonds is 0. The summed E-state index contributed by atoms with van der Waals surface area (Å²) in [6.07, 6.45) is -4.51. The fraction of sp³-hybridized carbons (Fsp3) is 1.00. The molecule has 0 radical (unpaired) electrons. The third kappa shape index (κ3) is 78.2. The van der Waals surface area contributed by atoms with Crippen LogP contribution in [0.2, 0.25) is 0 Å². The van der Waals surface area contributed by atoms with Crippen molar-refractivity contribution in [1.82, 2.24) is 0 Å². The van der Waals surface area contributed by atoms with Crippen LogP contribution in [0.5, 0.6) is 0 Å². The average Bonchev–Trinajstić information content (AvgIpc) is 1.59. The van der Waals surface area contributed by atoms with Crippen LogP contribution in [0.1, 0.15) is 0 Å². The van der Waals surface area contributed by atoms with Gasteiger partial charge in [-0.3, -0.25) is 0 Å². The SMILES string of the molecule is O=P(O)(O)O.[Li+].[O-]CC(F)(F)F. The molecule has 12 heavy (non-hydrogen) atoms. The molecule has 70 valence electrons. The van der Waals surface area contributed by atoms with Gasteiger partial charge in [0.15, 0.2) is 0 Å². The van der Waals surface area contributed by atoms with Crippen LogP contribution in [-0.2, 0) is 4.57 Å². The van der Waals surface area contributed by atoms with Gasteiger partial charge in [0, 0.05) is 0 Å². The van der Waals surface area contributed by atoms with Crippen LogP contribution in [0.4, 0.5) is 13.2 Å². The predicted molar refractivity (Wildman–Crippen MR) is 25.2 cm³/mol. The van der Waals surface area contributed by atoms with Gasteiger partial charge in [0.05, 0.1) is 0 Å². The van der Waals surface area contributed by atoms with Gasteiger partial charge in [-0.05, 0) is 6.61 Å². The van der Waals surface area contributed by atoms with Crippen LogP contribution < -0.4 is 24.0 Å². The van der Waals surface area contributed by atoms with Crippen LogP contribution in [0, 0.1) is 0 Å². The van der Waals surface area contributed by atoms with Crippen molar-refractivity contribution in [3.63, 3.8) is 0 Å². The summed E-state index contributed by atoms with van der Waals surface area (Å²) in [6, 6.07) is 0. The number of phosphoric acid groups is 1. The van der Waals surface area contributed by atoms with Crippen LogP contribution >= 0.6 is 7.82 Å². The topological polar surface area (TPSA) is 101 Å². The molecule has 0 aromatic rings. The Morgan fingerprint density at radius 1 is 1.25 bits per heavy atom. The van der Waals surface area contributed by atoms with E-state index >= 15 is 0 Å². The van der Waals surface area contributed by atoms with Crippen molar-refractivity contribution < 1.29 is 56.4 Å². The molecule has 3 N–H and O–H groups in total. The summed E-state index contributed by atoms with van der Waals surface area (Å²) in [7, 11) is -4.64. The summed E-state index contributed by atoms with van der Waals surface area (Å²) in [5, 5.41) is 8.83. The third-order valence-electron chi connectivity index (χ3n) is 0.164. The first-order valence-corrected chi connectivity index (χ1v) is 3.56. The summed E-state index contributed by atoms with van der Waals surface area (Å²) in [6.45, 7) is -1.98. The minimum absolute atomic E-state index is 0. The second kappa shape index (κ2) is 6.92. The molecule has 0 heterocycles. The Labute approximate surface area is 77.6 Å². The molecular formula is C2H5F3LiO5P. The smallest absolute Gasteiger partial charge is 0.848 e. The van der Waals surface area contributed by atoms with Crippen molar-refractivity contribution in [1.29, 1.82) is 0 Å². The zero-order valence-corrected chi connectivity index (χ0v) is 6.84. The Balaban J connectivity index is -0.000000126. The average molecular weight is 204 g/mol. The minimum Gasteiger partial charge on any atom is -0.848 e. The molecule has 0 aromatic carbocycles. The maximum absolute atomic E-state index is 10.5. The molecule has 5 nitrogen and oxygen atoms in total. The maximum Gasteiger partial charge on any atom is 1.00 e. The number of alkyl halides is 3. The quantitative estimate of drug-likeness (QED) is 0.275. The number of hydrogen-bond donors (Lipinski definition) is 3. The Kier molecular flexibility index (Phi) is 10.5. The van der Waals surface area contributed by atoms with Gasteiger partial charge in [0.1, 0.15) is 0 Å². The largest absolute Gasteiger partial charge is 1.00 e. The normalized spacial score (nSPS) is 10.9. The van der Waals surface area contributed by atoms with E-state index in [1.165, 1.54) is 0 Å². The second-order valence-corrected chi connectivity index (χ2v) is 2.30. The van der Waals surface area contributed by atoms with Gasteiger partial charge in [-0.15, -0.1) is 0 Å². The number of hydrogen-bond acceptors (Lipinski definition) is 2. The van der Waals surface area contributed by atoms with E-state index in [0.717, 1.165) is 0 Å². The van der Waals surface area contributed by atoms with E-state index in [4.69, 9.17) is 24.4 Å². The van der Waals surface area contributed by atoms with E-state index in [1.807, 2.05) is 0 Å². The summed E-state index contributed by atoms with van der Waals surface area (Å²) in [5.41, 5.74) is 0. The molecule has 0 bridgehead atoms. The molecule has 0 saturated heterocycles. The van der Waals surface area contributed by atoms with Crippen molar-refractivity contribution >= 4 is 7.82 Å². The molecular weight excluding hydrogens is 199 g/mol. The van der Waals surface area contributed by atoms with Crippen LogP contribution in [0.25, 0.3) is 0 Å². The predicted octanol–water partition coefficient (Wildman–Crippen LogP) is -4.02. The molecule has 0 amide bonds. The second-order valence-electron chi connectivity index (χ2n) is 1.27. The molecule has 10 heteroatoms. The van der Waals surface area contributed by atoms with Crippen molar-refractivity contribution in [2.45, 2.75) is 6.18 Å². The van der Waals surface area contributed by atoms with E-state index < -0.39 is 20.6 Å². The molecule has 0 rings (SSSR count). The van der Waals surface area contributed by atoms with E-state index in [0.29, 0.717) is 0 Å². The van der Waals surface area contributed by atoms with Crippen LogP contribution in [0.15, 0.2) is 0 Å². The van der Waals surface area contributed by atoms with Crippen LogP contribution in [0.3, 0.4) is 0 Å². The van der Waals surface area contributed by atoms with E-state index in [9.17, 15) is 13.2 Å². The zero-order valence-electron chi connectivity index (χ0n) is 5.95. The Morgan fingerprint density at radius 3 is 1.33 bits per heavy atom. The summed E-state index contributed by atoms with van der Waals surface area (Å²) in [4.78, 5) is 21.6. The van der Waals surface area contributed by atoms with Crippen molar-refractivity contribution in [3.05, 3.63) is 0 Å². The molecule has 0 aliphatic rings. The molecule has 0 unspecified atom stereocenters. The first-order chi connectivity index (χ1) is 4.56. The fourth-order valence-electron chi connectivity index (χ4n) is 0. The molecule has 0 aromatic heterocycles. The van der Waals surface area contributed by atoms with Gasteiger partial charge in [-0.2, -0.15) is 13.2 Å². The summed E-state index contributed by atoms with van der Waals surface area (Å²) >= 11 is 0. The van der Waals surface area contributed by atoms with E-state index in [-0.39, 0.29) is 18.9 Å². The zero-order chi connectivity index (χ0) is 9.71. The molecule has 0 fully saturated rings. The molecule has 0 spiro atoms. The van der Waals surface area contributed by atoms with Gasteiger partial charge in [0.2, 0.25) is 0 Å². The van der Waals surface area contributed by atoms with Crippen molar-refractivity contribution in [3.8, 4) is 0 Å². The molecule has 0 aliphatic carbocycles. The summed E-state index contributed by atoms with van der Waals surface area (Å²) < 4.78 is 40.3. The van der Waals surface area contributed by atoms with Gasteiger partial charge in [-0.25, -0.2) is 4.57 Å². The third-order valence-corrected chi connectivity index (χ3v) is 0.164. The monoisotopic (exact) mass is 204 g/mol. The first-order valence-electron chi connectivity index (χ1n) is 1.99. The van der Waals surface area contributed by atoms with Crippen molar-refractivity contribution in [2.24, 2.45) is 0 Å². The number of halogens is 3. The van der Waals surface area contributed by atoms with Gasteiger partial charge in [-0.1, -0.05) is 0 Å². The van der Waals surface area contributed by atoms with Gasteiger partial charge >= 0.3 is 32.9 Å². The van der Waals surface area contributed by atoms with Crippen LogP contribution in [-0.4, -0.2) is 27.5 Å². The van der Waals surface area contributed by atoms with Gasteiger partial charge in [0.25, 0.3) is 0 Å². The van der Waals surface area contributed by atoms with Crippen molar-refractivity contribution in [2.75, 3.05) is 6.61 Å². The molecule has 0 saturated carbocycles. The maximum atomic E-state index is 10.5. The Morgan fingerprint density at radius 2 is 1.33 bits per heavy atom. The Hall–Kier alpha value is 0.457. The Bertz CT molecular complexity index is 134. The van der Waals surface area contributed by atoms with Gasteiger partial charge < -0.3 is 19.8 Å². The summed E-state index contributed by atoms with van der Waals surface area (Å²) in [5.74, 6) is 0. The molecule has 0 aliphatic heterocycles. The molecule has 0 atom stereocenters.